The van der Waals surface area contributed by atoms with Crippen molar-refractivity contribution < 1.29 is 28.5 Å². The van der Waals surface area contributed by atoms with Crippen LogP contribution in [0.2, 0.25) is 5.02 Å². The second kappa shape index (κ2) is 10.0. The third-order valence-electron chi connectivity index (χ3n) is 4.09. The standard InChI is InChI=1S/C21H24ClNO6/c1-12-8-15(22)9-13(2)20(12)28-11-19(24)29-14(3)21(25)23-16-6-7-17(26-4)18(10-16)27-5/h6-10,14H,11H2,1-5H3,(H,23,25)/t14-/m0/s1. The zero-order chi connectivity index (χ0) is 21.6. The summed E-state index contributed by atoms with van der Waals surface area (Å²) < 4.78 is 21.0. The van der Waals surface area contributed by atoms with E-state index < -0.39 is 18.0 Å². The van der Waals surface area contributed by atoms with Crippen LogP contribution in [0.15, 0.2) is 30.3 Å². The smallest absolute Gasteiger partial charge is 0.344 e. The Hall–Kier alpha value is -2.93. The van der Waals surface area contributed by atoms with E-state index in [9.17, 15) is 9.59 Å². The van der Waals surface area contributed by atoms with Gasteiger partial charge in [0.2, 0.25) is 0 Å². The lowest BCUT2D eigenvalue weighted by atomic mass is 10.1. The maximum atomic E-state index is 12.3. The van der Waals surface area contributed by atoms with Crippen molar-refractivity contribution >= 4 is 29.2 Å². The van der Waals surface area contributed by atoms with Gasteiger partial charge in [0.05, 0.1) is 14.2 Å². The molecule has 0 unspecified atom stereocenters. The minimum Gasteiger partial charge on any atom is -0.493 e. The van der Waals surface area contributed by atoms with Crippen molar-refractivity contribution in [2.75, 3.05) is 26.1 Å². The quantitative estimate of drug-likeness (QED) is 0.650. The Morgan fingerprint density at radius 1 is 1.03 bits per heavy atom. The van der Waals surface area contributed by atoms with Gasteiger partial charge in [-0.15, -0.1) is 0 Å². The number of rotatable bonds is 8. The molecule has 2 aromatic rings. The van der Waals surface area contributed by atoms with Gasteiger partial charge in [0.25, 0.3) is 5.91 Å². The second-order valence-corrected chi connectivity index (χ2v) is 6.78. The average Bonchev–Trinajstić information content (AvgIpc) is 2.66. The van der Waals surface area contributed by atoms with Crippen LogP contribution in [0.25, 0.3) is 0 Å². The number of methoxy groups -OCH3 is 2. The van der Waals surface area contributed by atoms with Gasteiger partial charge in [-0.3, -0.25) is 4.79 Å². The third-order valence-corrected chi connectivity index (χ3v) is 4.31. The largest absolute Gasteiger partial charge is 0.493 e. The molecule has 1 N–H and O–H groups in total. The Bertz CT molecular complexity index is 876. The first-order chi connectivity index (χ1) is 13.7. The van der Waals surface area contributed by atoms with Crippen LogP contribution in [-0.4, -0.2) is 38.8 Å². The van der Waals surface area contributed by atoms with Crippen molar-refractivity contribution in [3.05, 3.63) is 46.5 Å². The lowest BCUT2D eigenvalue weighted by Crippen LogP contribution is -2.31. The summed E-state index contributed by atoms with van der Waals surface area (Å²) in [6.07, 6.45) is -1.01. The molecule has 156 valence electrons. The van der Waals surface area contributed by atoms with Crippen LogP contribution >= 0.6 is 11.6 Å². The summed E-state index contributed by atoms with van der Waals surface area (Å²) in [6, 6.07) is 8.42. The van der Waals surface area contributed by atoms with Crippen LogP contribution in [0, 0.1) is 13.8 Å². The van der Waals surface area contributed by atoms with Gasteiger partial charge in [-0.1, -0.05) is 11.6 Å². The summed E-state index contributed by atoms with van der Waals surface area (Å²) in [4.78, 5) is 24.4. The molecule has 0 saturated carbocycles. The Kier molecular flexibility index (Phi) is 7.73. The molecular formula is C21H24ClNO6. The predicted octanol–water partition coefficient (Wildman–Crippen LogP) is 3.92. The van der Waals surface area contributed by atoms with Gasteiger partial charge >= 0.3 is 5.97 Å². The highest BCUT2D eigenvalue weighted by atomic mass is 35.5. The number of halogens is 1. The van der Waals surface area contributed by atoms with Gasteiger partial charge in [0.15, 0.2) is 24.2 Å². The second-order valence-electron chi connectivity index (χ2n) is 6.35. The molecule has 1 amide bonds. The van der Waals surface area contributed by atoms with Crippen LogP contribution in [0.4, 0.5) is 5.69 Å². The summed E-state index contributed by atoms with van der Waals surface area (Å²) >= 11 is 5.98. The number of carbonyl (C=O) groups is 2. The van der Waals surface area contributed by atoms with Crippen LogP contribution in [-0.2, 0) is 14.3 Å². The van der Waals surface area contributed by atoms with Crippen LogP contribution in [0.1, 0.15) is 18.1 Å². The number of ether oxygens (including phenoxy) is 4. The Balaban J connectivity index is 1.91. The number of hydrogen-bond donors (Lipinski definition) is 1. The summed E-state index contributed by atoms with van der Waals surface area (Å²) in [6.45, 7) is 4.82. The summed E-state index contributed by atoms with van der Waals surface area (Å²) in [5.41, 5.74) is 2.10. The zero-order valence-electron chi connectivity index (χ0n) is 17.0. The molecule has 7 nitrogen and oxygen atoms in total. The van der Waals surface area contributed by atoms with E-state index in [-0.39, 0.29) is 6.61 Å². The highest BCUT2D eigenvalue weighted by Gasteiger charge is 2.19. The Morgan fingerprint density at radius 3 is 2.24 bits per heavy atom. The molecule has 0 saturated heterocycles. The molecule has 0 bridgehead atoms. The topological polar surface area (TPSA) is 83.1 Å². The van der Waals surface area contributed by atoms with Crippen LogP contribution in [0.5, 0.6) is 17.2 Å². The molecule has 2 rings (SSSR count). The number of nitrogens with one attached hydrogen (secondary N) is 1. The van der Waals surface area contributed by atoms with E-state index in [0.29, 0.717) is 28.0 Å². The van der Waals surface area contributed by atoms with Crippen molar-refractivity contribution in [1.29, 1.82) is 0 Å². The van der Waals surface area contributed by atoms with E-state index in [0.717, 1.165) is 11.1 Å². The lowest BCUT2D eigenvalue weighted by molar-refractivity contribution is -0.155. The molecule has 0 aliphatic carbocycles. The molecule has 1 atom stereocenters. The maximum absolute atomic E-state index is 12.3. The number of esters is 1. The number of anilines is 1. The SMILES string of the molecule is COc1ccc(NC(=O)[C@H](C)OC(=O)COc2c(C)cc(Cl)cc2C)cc1OC. The molecule has 0 aromatic heterocycles. The maximum Gasteiger partial charge on any atom is 0.344 e. The number of hydrogen-bond acceptors (Lipinski definition) is 6. The number of carbonyl (C=O) groups excluding carboxylic acids is 2. The predicted molar refractivity (Wildman–Crippen MR) is 110 cm³/mol. The van der Waals surface area contributed by atoms with Crippen molar-refractivity contribution in [3.8, 4) is 17.2 Å². The van der Waals surface area contributed by atoms with E-state index in [2.05, 4.69) is 5.32 Å². The normalized spacial score (nSPS) is 11.4. The molecule has 0 fully saturated rings. The van der Waals surface area contributed by atoms with E-state index in [1.807, 2.05) is 13.8 Å². The fourth-order valence-electron chi connectivity index (χ4n) is 2.70. The van der Waals surface area contributed by atoms with Crippen LogP contribution < -0.4 is 19.5 Å². The van der Waals surface area contributed by atoms with E-state index in [4.69, 9.17) is 30.5 Å². The van der Waals surface area contributed by atoms with Crippen molar-refractivity contribution in [1.82, 2.24) is 0 Å². The Labute approximate surface area is 174 Å². The summed E-state index contributed by atoms with van der Waals surface area (Å²) in [5, 5.41) is 3.26. The number of amides is 1. The fraction of sp³-hybridized carbons (Fsp3) is 0.333. The van der Waals surface area contributed by atoms with E-state index in [1.54, 1.807) is 30.3 Å². The van der Waals surface area contributed by atoms with Gasteiger partial charge in [-0.25, -0.2) is 4.79 Å². The molecular weight excluding hydrogens is 398 g/mol. The molecule has 8 heteroatoms. The molecule has 0 aliphatic heterocycles. The molecule has 0 radical (unpaired) electrons. The van der Waals surface area contributed by atoms with Gasteiger partial charge in [-0.05, 0) is 56.2 Å². The molecule has 0 heterocycles. The summed E-state index contributed by atoms with van der Waals surface area (Å²) in [7, 11) is 3.02. The van der Waals surface area contributed by atoms with Gasteiger partial charge in [-0.2, -0.15) is 0 Å². The van der Waals surface area contributed by atoms with Crippen molar-refractivity contribution in [3.63, 3.8) is 0 Å². The molecule has 0 aliphatic rings. The number of aryl methyl sites for hydroxylation is 2. The van der Waals surface area contributed by atoms with Crippen molar-refractivity contribution in [2.45, 2.75) is 26.9 Å². The molecule has 29 heavy (non-hydrogen) atoms. The zero-order valence-corrected chi connectivity index (χ0v) is 17.8. The molecule has 0 spiro atoms. The molecule has 2 aromatic carbocycles. The first kappa shape index (κ1) is 22.4. The lowest BCUT2D eigenvalue weighted by Gasteiger charge is -2.16. The average molecular weight is 422 g/mol. The minimum absolute atomic E-state index is 0.322. The monoisotopic (exact) mass is 421 g/mol. The van der Waals surface area contributed by atoms with E-state index >= 15 is 0 Å². The highest BCUT2D eigenvalue weighted by Crippen LogP contribution is 2.30. The Morgan fingerprint density at radius 2 is 1.66 bits per heavy atom. The highest BCUT2D eigenvalue weighted by molar-refractivity contribution is 6.30. The first-order valence-electron chi connectivity index (χ1n) is 8.87. The third kappa shape index (κ3) is 6.02. The first-order valence-corrected chi connectivity index (χ1v) is 9.24. The van der Waals surface area contributed by atoms with Gasteiger partial charge in [0, 0.05) is 16.8 Å². The van der Waals surface area contributed by atoms with Crippen molar-refractivity contribution in [2.24, 2.45) is 0 Å². The van der Waals surface area contributed by atoms with E-state index in [1.165, 1.54) is 21.1 Å². The number of benzene rings is 2. The van der Waals surface area contributed by atoms with Gasteiger partial charge < -0.3 is 24.3 Å². The van der Waals surface area contributed by atoms with Gasteiger partial charge in [0.1, 0.15) is 5.75 Å². The minimum atomic E-state index is -1.01. The fourth-order valence-corrected chi connectivity index (χ4v) is 3.03. The van der Waals surface area contributed by atoms with Crippen LogP contribution in [0.3, 0.4) is 0 Å². The summed E-state index contributed by atoms with van der Waals surface area (Å²) in [5.74, 6) is 0.430.